The van der Waals surface area contributed by atoms with Gasteiger partial charge in [0.1, 0.15) is 5.82 Å². The van der Waals surface area contributed by atoms with E-state index in [1.807, 2.05) is 24.3 Å². The van der Waals surface area contributed by atoms with Crippen LogP contribution >= 0.6 is 31.9 Å². The van der Waals surface area contributed by atoms with E-state index in [4.69, 9.17) is 5.84 Å². The van der Waals surface area contributed by atoms with E-state index in [0.29, 0.717) is 10.0 Å². The fourth-order valence-electron chi connectivity index (χ4n) is 1.80. The smallest absolute Gasteiger partial charge is 0.142 e. The molecule has 0 saturated heterocycles. The maximum atomic E-state index is 14.1. The lowest BCUT2D eigenvalue weighted by atomic mass is 9.99. The van der Waals surface area contributed by atoms with Crippen LogP contribution < -0.4 is 11.3 Å². The zero-order chi connectivity index (χ0) is 13.1. The predicted molar refractivity (Wildman–Crippen MR) is 77.4 cm³/mol. The molecule has 0 amide bonds. The van der Waals surface area contributed by atoms with Crippen LogP contribution in [-0.4, -0.2) is 0 Å². The van der Waals surface area contributed by atoms with Gasteiger partial charge < -0.3 is 0 Å². The third kappa shape index (κ3) is 2.64. The monoisotopic (exact) mass is 372 g/mol. The normalized spacial score (nSPS) is 12.4. The highest BCUT2D eigenvalue weighted by molar-refractivity contribution is 9.10. The third-order valence-corrected chi connectivity index (χ3v) is 4.01. The first-order chi connectivity index (χ1) is 8.65. The molecular formula is C13H11Br2FN2. The molecule has 3 N–H and O–H groups in total. The summed E-state index contributed by atoms with van der Waals surface area (Å²) in [6.45, 7) is 0. The molecule has 2 aromatic rings. The van der Waals surface area contributed by atoms with Gasteiger partial charge in [0, 0.05) is 10.0 Å². The van der Waals surface area contributed by atoms with Gasteiger partial charge in [0.05, 0.1) is 10.5 Å². The summed E-state index contributed by atoms with van der Waals surface area (Å²) in [5, 5.41) is 0. The molecule has 0 saturated carbocycles. The molecule has 0 radical (unpaired) electrons. The van der Waals surface area contributed by atoms with Crippen molar-refractivity contribution in [3.63, 3.8) is 0 Å². The van der Waals surface area contributed by atoms with Crippen LogP contribution in [-0.2, 0) is 0 Å². The van der Waals surface area contributed by atoms with Gasteiger partial charge in [-0.2, -0.15) is 0 Å². The number of hydrazine groups is 1. The van der Waals surface area contributed by atoms with Gasteiger partial charge in [-0.1, -0.05) is 46.3 Å². The summed E-state index contributed by atoms with van der Waals surface area (Å²) in [7, 11) is 0. The fourth-order valence-corrected chi connectivity index (χ4v) is 2.69. The lowest BCUT2D eigenvalue weighted by Gasteiger charge is -2.19. The number of nitrogens with two attached hydrogens (primary N) is 1. The van der Waals surface area contributed by atoms with Crippen LogP contribution in [0, 0.1) is 5.82 Å². The summed E-state index contributed by atoms with van der Waals surface area (Å²) in [5.74, 6) is 5.26. The van der Waals surface area contributed by atoms with Crippen molar-refractivity contribution in [3.05, 3.63) is 68.4 Å². The molecule has 0 heterocycles. The molecular weight excluding hydrogens is 363 g/mol. The summed E-state index contributed by atoms with van der Waals surface area (Å²) >= 11 is 6.63. The number of halogens is 3. The Bertz CT molecular complexity index is 560. The second-order valence-corrected chi connectivity index (χ2v) is 5.47. The van der Waals surface area contributed by atoms with E-state index >= 15 is 0 Å². The minimum absolute atomic E-state index is 0.309. The van der Waals surface area contributed by atoms with Gasteiger partial charge in [-0.05, 0) is 33.6 Å². The topological polar surface area (TPSA) is 38.0 Å². The molecule has 18 heavy (non-hydrogen) atoms. The summed E-state index contributed by atoms with van der Waals surface area (Å²) in [6, 6.07) is 12.3. The lowest BCUT2D eigenvalue weighted by Crippen LogP contribution is -2.29. The van der Waals surface area contributed by atoms with Gasteiger partial charge in [0.15, 0.2) is 0 Å². The summed E-state index contributed by atoms with van der Waals surface area (Å²) in [6.07, 6.45) is 0. The zero-order valence-electron chi connectivity index (χ0n) is 9.33. The minimum Gasteiger partial charge on any atom is -0.271 e. The molecule has 94 valence electrons. The average Bonchev–Trinajstić information content (AvgIpc) is 2.37. The molecule has 2 aromatic carbocycles. The van der Waals surface area contributed by atoms with Gasteiger partial charge in [0.25, 0.3) is 0 Å². The van der Waals surface area contributed by atoms with Gasteiger partial charge in [0.2, 0.25) is 0 Å². The maximum absolute atomic E-state index is 14.1. The highest BCUT2D eigenvalue weighted by Crippen LogP contribution is 2.31. The predicted octanol–water partition coefficient (Wildman–Crippen LogP) is 3.90. The number of hydrogen-bond donors (Lipinski definition) is 2. The first-order valence-electron chi connectivity index (χ1n) is 5.29. The Kier molecular flexibility index (Phi) is 4.50. The number of benzene rings is 2. The Morgan fingerprint density at radius 2 is 1.56 bits per heavy atom. The molecule has 5 heteroatoms. The molecule has 0 aromatic heterocycles. The second-order valence-electron chi connectivity index (χ2n) is 3.76. The van der Waals surface area contributed by atoms with Gasteiger partial charge >= 0.3 is 0 Å². The van der Waals surface area contributed by atoms with E-state index in [9.17, 15) is 4.39 Å². The average molecular weight is 374 g/mol. The highest BCUT2D eigenvalue weighted by atomic mass is 79.9. The zero-order valence-corrected chi connectivity index (χ0v) is 12.5. The van der Waals surface area contributed by atoms with Crippen molar-refractivity contribution in [3.8, 4) is 0 Å². The van der Waals surface area contributed by atoms with Crippen molar-refractivity contribution in [2.75, 3.05) is 0 Å². The molecule has 2 rings (SSSR count). The molecule has 0 aliphatic carbocycles. The van der Waals surface area contributed by atoms with Crippen LogP contribution in [0.25, 0.3) is 0 Å². The van der Waals surface area contributed by atoms with Crippen LogP contribution in [0.1, 0.15) is 17.2 Å². The Morgan fingerprint density at radius 1 is 0.944 bits per heavy atom. The van der Waals surface area contributed by atoms with E-state index in [1.54, 1.807) is 18.2 Å². The molecule has 0 fully saturated rings. The Morgan fingerprint density at radius 3 is 2.22 bits per heavy atom. The van der Waals surface area contributed by atoms with Crippen molar-refractivity contribution >= 4 is 31.9 Å². The quantitative estimate of drug-likeness (QED) is 0.632. The van der Waals surface area contributed by atoms with Gasteiger partial charge in [-0.15, -0.1) is 0 Å². The molecule has 2 nitrogen and oxygen atoms in total. The van der Waals surface area contributed by atoms with Crippen LogP contribution in [0.3, 0.4) is 0 Å². The van der Waals surface area contributed by atoms with E-state index in [0.717, 1.165) is 10.0 Å². The molecule has 0 aliphatic heterocycles. The van der Waals surface area contributed by atoms with Gasteiger partial charge in [-0.3, -0.25) is 5.84 Å². The standard InChI is InChI=1S/C13H11Br2FN2/c14-10-6-2-1-4-8(10)13(18-17)9-5-3-7-11(15)12(9)16/h1-7,13,18H,17H2. The lowest BCUT2D eigenvalue weighted by molar-refractivity contribution is 0.555. The van der Waals surface area contributed by atoms with Crippen LogP contribution in [0.5, 0.6) is 0 Å². The van der Waals surface area contributed by atoms with E-state index in [-0.39, 0.29) is 5.82 Å². The van der Waals surface area contributed by atoms with Crippen molar-refractivity contribution in [2.45, 2.75) is 6.04 Å². The maximum Gasteiger partial charge on any atom is 0.142 e. The van der Waals surface area contributed by atoms with Crippen LogP contribution in [0.2, 0.25) is 0 Å². The van der Waals surface area contributed by atoms with Crippen molar-refractivity contribution < 1.29 is 4.39 Å². The van der Waals surface area contributed by atoms with E-state index < -0.39 is 6.04 Å². The van der Waals surface area contributed by atoms with E-state index in [2.05, 4.69) is 37.3 Å². The van der Waals surface area contributed by atoms with Crippen LogP contribution in [0.4, 0.5) is 4.39 Å². The highest BCUT2D eigenvalue weighted by Gasteiger charge is 2.19. The molecule has 0 bridgehead atoms. The SMILES string of the molecule is NNC(c1ccccc1Br)c1cccc(Br)c1F. The number of nitrogens with one attached hydrogen (secondary N) is 1. The van der Waals surface area contributed by atoms with E-state index in [1.165, 1.54) is 0 Å². The summed E-state index contributed by atoms with van der Waals surface area (Å²) in [5.41, 5.74) is 4.04. The Balaban J connectivity index is 2.53. The summed E-state index contributed by atoms with van der Waals surface area (Å²) < 4.78 is 15.4. The largest absolute Gasteiger partial charge is 0.271 e. The van der Waals surface area contributed by atoms with Crippen molar-refractivity contribution in [1.82, 2.24) is 5.43 Å². The molecule has 0 aliphatic rings. The van der Waals surface area contributed by atoms with Crippen molar-refractivity contribution in [1.29, 1.82) is 0 Å². The first kappa shape index (κ1) is 13.7. The summed E-state index contributed by atoms with van der Waals surface area (Å²) in [4.78, 5) is 0. The molecule has 1 unspecified atom stereocenters. The Hall–Kier alpha value is -0.750. The molecule has 1 atom stereocenters. The van der Waals surface area contributed by atoms with Crippen LogP contribution in [0.15, 0.2) is 51.4 Å². The third-order valence-electron chi connectivity index (χ3n) is 2.68. The fraction of sp³-hybridized carbons (Fsp3) is 0.0769. The Labute approximate surface area is 122 Å². The number of hydrogen-bond acceptors (Lipinski definition) is 2. The first-order valence-corrected chi connectivity index (χ1v) is 6.88. The number of rotatable bonds is 3. The molecule has 0 spiro atoms. The van der Waals surface area contributed by atoms with Gasteiger partial charge in [-0.25, -0.2) is 9.82 Å². The minimum atomic E-state index is -0.405. The second kappa shape index (κ2) is 5.93. The van der Waals surface area contributed by atoms with Crippen molar-refractivity contribution in [2.24, 2.45) is 5.84 Å².